The topological polar surface area (TPSA) is 34.1 Å². The Morgan fingerprint density at radius 2 is 2.22 bits per heavy atom. The first-order valence-electron chi connectivity index (χ1n) is 6.21. The van der Waals surface area contributed by atoms with Gasteiger partial charge in [0.2, 0.25) is 0 Å². The van der Waals surface area contributed by atoms with E-state index < -0.39 is 0 Å². The minimum absolute atomic E-state index is 0.687. The summed E-state index contributed by atoms with van der Waals surface area (Å²) in [6, 6.07) is 8.09. The zero-order valence-corrected chi connectivity index (χ0v) is 11.6. The van der Waals surface area contributed by atoms with E-state index in [2.05, 4.69) is 28.7 Å². The predicted octanol–water partition coefficient (Wildman–Crippen LogP) is 3.32. The Kier molecular flexibility index (Phi) is 4.73. The van der Waals surface area contributed by atoms with Crippen LogP contribution in [-0.4, -0.2) is 18.1 Å². The highest BCUT2D eigenvalue weighted by molar-refractivity contribution is 7.13. The van der Waals surface area contributed by atoms with E-state index >= 15 is 0 Å². The van der Waals surface area contributed by atoms with E-state index in [1.807, 2.05) is 25.1 Å². The third-order valence-corrected chi connectivity index (χ3v) is 3.44. The molecule has 0 saturated carbocycles. The van der Waals surface area contributed by atoms with Gasteiger partial charge in [0.15, 0.2) is 0 Å². The lowest BCUT2D eigenvalue weighted by atomic mass is 10.2. The molecule has 0 aliphatic heterocycles. The van der Waals surface area contributed by atoms with Crippen LogP contribution in [0.25, 0.3) is 10.6 Å². The molecule has 0 saturated heterocycles. The van der Waals surface area contributed by atoms with Crippen molar-refractivity contribution in [1.29, 1.82) is 0 Å². The van der Waals surface area contributed by atoms with Crippen LogP contribution in [0, 0.1) is 0 Å². The molecule has 0 unspecified atom stereocenters. The molecule has 1 heterocycles. The summed E-state index contributed by atoms with van der Waals surface area (Å²) >= 11 is 1.67. The van der Waals surface area contributed by atoms with E-state index in [1.165, 1.54) is 0 Å². The third kappa shape index (κ3) is 3.31. The van der Waals surface area contributed by atoms with Gasteiger partial charge in [-0.1, -0.05) is 19.1 Å². The third-order valence-electron chi connectivity index (χ3n) is 2.50. The predicted molar refractivity (Wildman–Crippen MR) is 76.1 cm³/mol. The van der Waals surface area contributed by atoms with Crippen LogP contribution in [-0.2, 0) is 6.54 Å². The van der Waals surface area contributed by atoms with Gasteiger partial charge < -0.3 is 10.1 Å². The molecule has 0 aliphatic carbocycles. The van der Waals surface area contributed by atoms with Crippen molar-refractivity contribution < 1.29 is 4.74 Å². The Morgan fingerprint density at radius 3 is 3.00 bits per heavy atom. The molecule has 1 aromatic heterocycles. The molecule has 0 aliphatic rings. The Hall–Kier alpha value is -1.39. The van der Waals surface area contributed by atoms with Crippen LogP contribution in [0.4, 0.5) is 0 Å². The minimum atomic E-state index is 0.687. The fourth-order valence-corrected chi connectivity index (χ4v) is 2.48. The summed E-state index contributed by atoms with van der Waals surface area (Å²) in [7, 11) is 0. The number of rotatable bonds is 6. The van der Waals surface area contributed by atoms with Gasteiger partial charge in [0, 0.05) is 17.5 Å². The lowest BCUT2D eigenvalue weighted by Crippen LogP contribution is -2.11. The van der Waals surface area contributed by atoms with Crippen molar-refractivity contribution in [3.8, 4) is 16.3 Å². The van der Waals surface area contributed by atoms with Gasteiger partial charge in [-0.25, -0.2) is 4.98 Å². The average Bonchev–Trinajstić information content (AvgIpc) is 2.86. The fraction of sp³-hybridized carbons (Fsp3) is 0.357. The van der Waals surface area contributed by atoms with Crippen molar-refractivity contribution in [3.05, 3.63) is 35.3 Å². The number of hydrogen-bond donors (Lipinski definition) is 1. The SMILES string of the molecule is CCNCc1csc(-c2cccc(OCC)c2)n1. The van der Waals surface area contributed by atoms with Crippen LogP contribution in [0.3, 0.4) is 0 Å². The van der Waals surface area contributed by atoms with Crippen LogP contribution in [0.15, 0.2) is 29.6 Å². The van der Waals surface area contributed by atoms with Crippen molar-refractivity contribution in [1.82, 2.24) is 10.3 Å². The highest BCUT2D eigenvalue weighted by atomic mass is 32.1. The second-order valence-corrected chi connectivity index (χ2v) is 4.74. The number of hydrogen-bond acceptors (Lipinski definition) is 4. The molecule has 2 aromatic rings. The molecule has 0 atom stereocenters. The standard InChI is InChI=1S/C14H18N2OS/c1-3-15-9-12-10-18-14(16-12)11-6-5-7-13(8-11)17-4-2/h5-8,10,15H,3-4,9H2,1-2H3. The summed E-state index contributed by atoms with van der Waals surface area (Å²) in [5, 5.41) is 6.43. The number of aromatic nitrogens is 1. The molecule has 4 heteroatoms. The molecule has 0 amide bonds. The van der Waals surface area contributed by atoms with Gasteiger partial charge in [0.05, 0.1) is 12.3 Å². The molecule has 0 fully saturated rings. The van der Waals surface area contributed by atoms with Crippen LogP contribution >= 0.6 is 11.3 Å². The van der Waals surface area contributed by atoms with E-state index in [-0.39, 0.29) is 0 Å². The van der Waals surface area contributed by atoms with Gasteiger partial charge in [-0.2, -0.15) is 0 Å². The van der Waals surface area contributed by atoms with Crippen LogP contribution in [0.2, 0.25) is 0 Å². The smallest absolute Gasteiger partial charge is 0.123 e. The second kappa shape index (κ2) is 6.52. The molecule has 1 N–H and O–H groups in total. The Morgan fingerprint density at radius 1 is 1.33 bits per heavy atom. The molecular weight excluding hydrogens is 244 g/mol. The molecule has 0 spiro atoms. The Bertz CT molecular complexity index is 496. The number of thiazole rings is 1. The normalized spacial score (nSPS) is 10.6. The fourth-order valence-electron chi connectivity index (χ4n) is 1.66. The summed E-state index contributed by atoms with van der Waals surface area (Å²) in [5.74, 6) is 0.901. The van der Waals surface area contributed by atoms with Crippen molar-refractivity contribution in [2.24, 2.45) is 0 Å². The zero-order valence-electron chi connectivity index (χ0n) is 10.8. The quantitative estimate of drug-likeness (QED) is 0.867. The minimum Gasteiger partial charge on any atom is -0.494 e. The van der Waals surface area contributed by atoms with E-state index in [4.69, 9.17) is 4.74 Å². The lowest BCUT2D eigenvalue weighted by Gasteiger charge is -2.03. The summed E-state index contributed by atoms with van der Waals surface area (Å²) in [6.07, 6.45) is 0. The number of nitrogens with one attached hydrogen (secondary N) is 1. The van der Waals surface area contributed by atoms with Crippen molar-refractivity contribution in [3.63, 3.8) is 0 Å². The number of nitrogens with zero attached hydrogens (tertiary/aromatic N) is 1. The van der Waals surface area contributed by atoms with Gasteiger partial charge in [0.25, 0.3) is 0 Å². The first kappa shape index (κ1) is 13.1. The highest BCUT2D eigenvalue weighted by Gasteiger charge is 2.05. The van der Waals surface area contributed by atoms with Gasteiger partial charge in [-0.05, 0) is 25.6 Å². The van der Waals surface area contributed by atoms with E-state index in [0.29, 0.717) is 6.61 Å². The maximum absolute atomic E-state index is 5.50. The summed E-state index contributed by atoms with van der Waals surface area (Å²) in [4.78, 5) is 4.62. The number of ether oxygens (including phenoxy) is 1. The van der Waals surface area contributed by atoms with Crippen LogP contribution in [0.5, 0.6) is 5.75 Å². The van der Waals surface area contributed by atoms with E-state index in [0.717, 1.165) is 35.1 Å². The van der Waals surface area contributed by atoms with E-state index in [9.17, 15) is 0 Å². The Balaban J connectivity index is 2.15. The molecule has 0 radical (unpaired) electrons. The van der Waals surface area contributed by atoms with Gasteiger partial charge in [-0.15, -0.1) is 11.3 Å². The van der Waals surface area contributed by atoms with Gasteiger partial charge in [0.1, 0.15) is 10.8 Å². The average molecular weight is 262 g/mol. The summed E-state index contributed by atoms with van der Waals surface area (Å²) in [6.45, 7) is 6.57. The van der Waals surface area contributed by atoms with Crippen LogP contribution < -0.4 is 10.1 Å². The van der Waals surface area contributed by atoms with Crippen LogP contribution in [0.1, 0.15) is 19.5 Å². The van der Waals surface area contributed by atoms with Gasteiger partial charge >= 0.3 is 0 Å². The second-order valence-electron chi connectivity index (χ2n) is 3.89. The molecule has 2 rings (SSSR count). The largest absolute Gasteiger partial charge is 0.494 e. The highest BCUT2D eigenvalue weighted by Crippen LogP contribution is 2.26. The van der Waals surface area contributed by atoms with Crippen molar-refractivity contribution >= 4 is 11.3 Å². The first-order chi connectivity index (χ1) is 8.83. The van der Waals surface area contributed by atoms with E-state index in [1.54, 1.807) is 11.3 Å². The van der Waals surface area contributed by atoms with Gasteiger partial charge in [-0.3, -0.25) is 0 Å². The summed E-state index contributed by atoms with van der Waals surface area (Å²) in [5.41, 5.74) is 2.22. The maximum atomic E-state index is 5.50. The monoisotopic (exact) mass is 262 g/mol. The molecule has 3 nitrogen and oxygen atoms in total. The zero-order chi connectivity index (χ0) is 12.8. The molecule has 0 bridgehead atoms. The molecule has 96 valence electrons. The maximum Gasteiger partial charge on any atom is 0.123 e. The van der Waals surface area contributed by atoms with Crippen molar-refractivity contribution in [2.75, 3.05) is 13.2 Å². The summed E-state index contributed by atoms with van der Waals surface area (Å²) < 4.78 is 5.50. The first-order valence-corrected chi connectivity index (χ1v) is 7.09. The number of benzene rings is 1. The molecule has 18 heavy (non-hydrogen) atoms. The molecule has 1 aromatic carbocycles. The molecular formula is C14H18N2OS. The lowest BCUT2D eigenvalue weighted by molar-refractivity contribution is 0.340. The van der Waals surface area contributed by atoms with Crippen molar-refractivity contribution in [2.45, 2.75) is 20.4 Å². The Labute approximate surface area is 112 Å².